The zero-order valence-corrected chi connectivity index (χ0v) is 12.3. The number of rotatable bonds is 5. The van der Waals surface area contributed by atoms with Crippen LogP contribution in [0.25, 0.3) is 0 Å². The van der Waals surface area contributed by atoms with Crippen molar-refractivity contribution in [3.8, 4) is 5.75 Å². The summed E-state index contributed by atoms with van der Waals surface area (Å²) in [6.07, 6.45) is 5.24. The van der Waals surface area contributed by atoms with Crippen molar-refractivity contribution >= 4 is 12.1 Å². The van der Waals surface area contributed by atoms with Gasteiger partial charge in [-0.1, -0.05) is 6.07 Å². The van der Waals surface area contributed by atoms with Gasteiger partial charge in [0.2, 0.25) is 6.54 Å². The molecule has 6 heteroatoms. The Morgan fingerprint density at radius 2 is 1.90 bits per heavy atom. The van der Waals surface area contributed by atoms with Crippen LogP contribution in [0.1, 0.15) is 5.56 Å². The summed E-state index contributed by atoms with van der Waals surface area (Å²) in [5, 5.41) is 3.91. The summed E-state index contributed by atoms with van der Waals surface area (Å²) >= 11 is 0. The molecule has 2 aromatic rings. The van der Waals surface area contributed by atoms with E-state index in [0.717, 1.165) is 11.3 Å². The van der Waals surface area contributed by atoms with Crippen molar-refractivity contribution < 1.29 is 26.5 Å². The number of carbonyl (C=O) groups excluding carboxylic acids is 1. The van der Waals surface area contributed by atoms with E-state index in [2.05, 4.69) is 10.5 Å². The maximum absolute atomic E-state index is 11.6. The fourth-order valence-electron chi connectivity index (χ4n) is 1.61. The molecule has 0 spiro atoms. The van der Waals surface area contributed by atoms with Crippen LogP contribution in [0.2, 0.25) is 0 Å². The summed E-state index contributed by atoms with van der Waals surface area (Å²) in [6.45, 7) is 0.237. The van der Waals surface area contributed by atoms with Crippen LogP contribution in [0, 0.1) is 0 Å². The molecule has 5 nitrogen and oxygen atoms in total. The van der Waals surface area contributed by atoms with Crippen molar-refractivity contribution in [1.82, 2.24) is 5.43 Å². The number of benzene rings is 1. The number of hydrogen-bond donors (Lipinski definition) is 1. The van der Waals surface area contributed by atoms with E-state index in [0.29, 0.717) is 0 Å². The first-order valence-electron chi connectivity index (χ1n) is 6.18. The lowest BCUT2D eigenvalue weighted by atomic mass is 10.2. The molecule has 0 unspecified atom stereocenters. The van der Waals surface area contributed by atoms with Gasteiger partial charge < -0.3 is 17.1 Å². The van der Waals surface area contributed by atoms with E-state index in [4.69, 9.17) is 4.74 Å². The van der Waals surface area contributed by atoms with Crippen molar-refractivity contribution in [2.24, 2.45) is 5.10 Å². The first kappa shape index (κ1) is 16.7. The number of pyridine rings is 1. The third kappa shape index (κ3) is 5.62. The molecule has 1 amide bonds. The standard InChI is InChI=1S/C15H15N3O2.ClH/c1-20-14-7-5-13(6-8-14)11-16-17-15(19)12-18-9-3-2-4-10-18;/h2-11H,12H2,1H3;1H. The SMILES string of the molecule is COc1ccc(C=NNC(=O)C[n+]2ccccc2)cc1.[Cl-]. The minimum Gasteiger partial charge on any atom is -1.00 e. The first-order chi connectivity index (χ1) is 9.78. The Morgan fingerprint density at radius 1 is 1.24 bits per heavy atom. The van der Waals surface area contributed by atoms with Crippen molar-refractivity contribution in [3.63, 3.8) is 0 Å². The molecule has 0 aliphatic rings. The quantitative estimate of drug-likeness (QED) is 0.400. The number of ether oxygens (including phenoxy) is 1. The van der Waals surface area contributed by atoms with Crippen molar-refractivity contribution in [1.29, 1.82) is 0 Å². The van der Waals surface area contributed by atoms with E-state index < -0.39 is 0 Å². The molecular formula is C15H16ClN3O2. The number of methoxy groups -OCH3 is 1. The summed E-state index contributed by atoms with van der Waals surface area (Å²) in [5.74, 6) is 0.609. The van der Waals surface area contributed by atoms with E-state index in [-0.39, 0.29) is 24.9 Å². The number of hydrogen-bond acceptors (Lipinski definition) is 3. The van der Waals surface area contributed by atoms with Crippen LogP contribution >= 0.6 is 0 Å². The highest BCUT2D eigenvalue weighted by Crippen LogP contribution is 2.09. The summed E-state index contributed by atoms with van der Waals surface area (Å²) in [4.78, 5) is 11.6. The number of nitrogens with one attached hydrogen (secondary N) is 1. The largest absolute Gasteiger partial charge is 1.00 e. The zero-order chi connectivity index (χ0) is 14.2. The Bertz CT molecular complexity index is 586. The van der Waals surface area contributed by atoms with Gasteiger partial charge in [-0.2, -0.15) is 9.67 Å². The highest BCUT2D eigenvalue weighted by atomic mass is 35.5. The van der Waals surface area contributed by atoms with Crippen LogP contribution < -0.4 is 27.1 Å². The molecule has 0 radical (unpaired) electrons. The molecule has 1 aromatic carbocycles. The van der Waals surface area contributed by atoms with E-state index in [1.54, 1.807) is 17.9 Å². The molecule has 110 valence electrons. The second-order valence-electron chi connectivity index (χ2n) is 4.11. The minimum absolute atomic E-state index is 0. The molecule has 0 saturated carbocycles. The maximum Gasteiger partial charge on any atom is 0.305 e. The highest BCUT2D eigenvalue weighted by Gasteiger charge is 2.06. The van der Waals surface area contributed by atoms with Crippen LogP contribution in [0.15, 0.2) is 60.0 Å². The normalized spacial score (nSPS) is 9.95. The molecule has 0 atom stereocenters. The van der Waals surface area contributed by atoms with Crippen LogP contribution in [-0.4, -0.2) is 19.2 Å². The van der Waals surface area contributed by atoms with E-state index in [1.165, 1.54) is 0 Å². The molecule has 0 aliphatic heterocycles. The lowest BCUT2D eigenvalue weighted by Gasteiger charge is -1.99. The van der Waals surface area contributed by atoms with Gasteiger partial charge in [-0.25, -0.2) is 5.43 Å². The Morgan fingerprint density at radius 3 is 2.52 bits per heavy atom. The average Bonchev–Trinajstić information content (AvgIpc) is 2.49. The van der Waals surface area contributed by atoms with Gasteiger partial charge in [0.05, 0.1) is 13.3 Å². The number of amides is 1. The van der Waals surface area contributed by atoms with Gasteiger partial charge in [-0.3, -0.25) is 4.79 Å². The highest BCUT2D eigenvalue weighted by molar-refractivity contribution is 5.82. The summed E-state index contributed by atoms with van der Waals surface area (Å²) in [6, 6.07) is 13.0. The third-order valence-electron chi connectivity index (χ3n) is 2.62. The Labute approximate surface area is 129 Å². The van der Waals surface area contributed by atoms with Crippen LogP contribution in [-0.2, 0) is 11.3 Å². The molecule has 0 aliphatic carbocycles. The molecule has 0 fully saturated rings. The molecule has 0 bridgehead atoms. The molecule has 1 heterocycles. The van der Waals surface area contributed by atoms with Gasteiger partial charge in [0, 0.05) is 12.1 Å². The van der Waals surface area contributed by atoms with Gasteiger partial charge in [-0.05, 0) is 29.8 Å². The van der Waals surface area contributed by atoms with E-state index in [9.17, 15) is 4.79 Å². The van der Waals surface area contributed by atoms with Gasteiger partial charge >= 0.3 is 5.91 Å². The first-order valence-corrected chi connectivity index (χ1v) is 6.18. The lowest BCUT2D eigenvalue weighted by Crippen LogP contribution is -3.00. The Hall–Kier alpha value is -2.40. The topological polar surface area (TPSA) is 54.6 Å². The van der Waals surface area contributed by atoms with Crippen molar-refractivity contribution in [3.05, 3.63) is 60.4 Å². The summed E-state index contributed by atoms with van der Waals surface area (Å²) in [7, 11) is 1.62. The Kier molecular flexibility index (Phi) is 6.91. The number of halogens is 1. The molecule has 21 heavy (non-hydrogen) atoms. The number of carbonyl (C=O) groups is 1. The van der Waals surface area contributed by atoms with Crippen molar-refractivity contribution in [2.75, 3.05) is 7.11 Å². The second-order valence-corrected chi connectivity index (χ2v) is 4.11. The average molecular weight is 306 g/mol. The van der Waals surface area contributed by atoms with Crippen LogP contribution in [0.3, 0.4) is 0 Å². The third-order valence-corrected chi connectivity index (χ3v) is 2.62. The monoisotopic (exact) mass is 305 g/mol. The molecule has 1 aromatic heterocycles. The molecule has 2 rings (SSSR count). The predicted molar refractivity (Wildman–Crippen MR) is 75.4 cm³/mol. The number of aromatic nitrogens is 1. The number of nitrogens with zero attached hydrogens (tertiary/aromatic N) is 2. The Balaban J connectivity index is 0.00000220. The van der Waals surface area contributed by atoms with Gasteiger partial charge in [0.1, 0.15) is 5.75 Å². The fraction of sp³-hybridized carbons (Fsp3) is 0.133. The fourth-order valence-corrected chi connectivity index (χ4v) is 1.61. The number of hydrazone groups is 1. The van der Waals surface area contributed by atoms with E-state index in [1.807, 2.05) is 54.9 Å². The minimum atomic E-state index is -0.175. The second kappa shape index (κ2) is 8.71. The van der Waals surface area contributed by atoms with Gasteiger partial charge in [0.25, 0.3) is 0 Å². The van der Waals surface area contributed by atoms with Gasteiger partial charge in [-0.15, -0.1) is 0 Å². The maximum atomic E-state index is 11.6. The van der Waals surface area contributed by atoms with Crippen molar-refractivity contribution in [2.45, 2.75) is 6.54 Å². The van der Waals surface area contributed by atoms with Gasteiger partial charge in [0.15, 0.2) is 12.4 Å². The predicted octanol–water partition coefficient (Wildman–Crippen LogP) is -1.86. The molecule has 1 N–H and O–H groups in total. The summed E-state index contributed by atoms with van der Waals surface area (Å²) < 4.78 is 6.84. The smallest absolute Gasteiger partial charge is 0.305 e. The van der Waals surface area contributed by atoms with Crippen LogP contribution in [0.4, 0.5) is 0 Å². The lowest BCUT2D eigenvalue weighted by molar-refractivity contribution is -0.684. The summed E-state index contributed by atoms with van der Waals surface area (Å²) in [5.41, 5.74) is 3.37. The zero-order valence-electron chi connectivity index (χ0n) is 11.6. The molecule has 0 saturated heterocycles. The molecular weight excluding hydrogens is 290 g/mol. The van der Waals surface area contributed by atoms with Crippen LogP contribution in [0.5, 0.6) is 5.75 Å². The van der Waals surface area contributed by atoms with E-state index >= 15 is 0 Å².